The molecule has 2 aliphatic rings. The molecule has 2 aromatic carbocycles. The molecule has 3 aromatic rings. The standard InChI is InChI=1S/C26H23N3O7S/c1-34-25(32)18-12-19(30)28(36-18)13-17-14-37-24-20(27)23(31)29(24)21(17)26(33)35-22(15-8-4-2-5-9-15)16-10-6-3-7-11-16/h2-12,20,22,24H,13-14,27H2,1H3/t20?,24-/m1/s1. The fourth-order valence-corrected chi connectivity index (χ4v) is 5.57. The predicted octanol–water partition coefficient (Wildman–Crippen LogP) is 2.06. The third-order valence-electron chi connectivity index (χ3n) is 6.14. The lowest BCUT2D eigenvalue weighted by atomic mass is 10.0. The van der Waals surface area contributed by atoms with Gasteiger partial charge in [-0.3, -0.25) is 14.5 Å². The first-order valence-corrected chi connectivity index (χ1v) is 12.5. The van der Waals surface area contributed by atoms with E-state index in [1.165, 1.54) is 23.8 Å². The molecule has 11 heteroatoms. The number of hydrogen-bond donors (Lipinski definition) is 1. The van der Waals surface area contributed by atoms with E-state index in [2.05, 4.69) is 4.74 Å². The SMILES string of the molecule is COC(=O)c1cc(=O)n(CC2=C(C(=O)OC(c3ccccc3)c3ccccc3)N3C(=O)C(N)[C@H]3SC2)o1. The van der Waals surface area contributed by atoms with Crippen molar-refractivity contribution in [2.75, 3.05) is 12.9 Å². The zero-order valence-electron chi connectivity index (χ0n) is 19.7. The summed E-state index contributed by atoms with van der Waals surface area (Å²) in [6.45, 7) is -0.166. The van der Waals surface area contributed by atoms with E-state index in [-0.39, 0.29) is 18.0 Å². The maximum Gasteiger partial charge on any atom is 0.376 e. The van der Waals surface area contributed by atoms with E-state index in [0.29, 0.717) is 11.3 Å². The number of aromatic nitrogens is 1. The first-order chi connectivity index (χ1) is 17.9. The molecule has 2 atom stereocenters. The zero-order chi connectivity index (χ0) is 26.1. The first-order valence-electron chi connectivity index (χ1n) is 11.4. The van der Waals surface area contributed by atoms with Crippen LogP contribution in [0.25, 0.3) is 0 Å². The zero-order valence-corrected chi connectivity index (χ0v) is 20.6. The molecule has 2 N–H and O–H groups in total. The summed E-state index contributed by atoms with van der Waals surface area (Å²) in [6, 6.07) is 18.8. The Morgan fingerprint density at radius 3 is 2.27 bits per heavy atom. The number of carbonyl (C=O) groups excluding carboxylic acids is 3. The molecule has 1 amide bonds. The lowest BCUT2D eigenvalue weighted by Gasteiger charge is -2.48. The minimum Gasteiger partial charge on any atom is -0.463 e. The van der Waals surface area contributed by atoms with Crippen molar-refractivity contribution >= 4 is 29.6 Å². The lowest BCUT2D eigenvalue weighted by Crippen LogP contribution is -2.68. The Hall–Kier alpha value is -4.09. The van der Waals surface area contributed by atoms with Gasteiger partial charge in [0.05, 0.1) is 19.7 Å². The Labute approximate surface area is 215 Å². The van der Waals surface area contributed by atoms with Gasteiger partial charge >= 0.3 is 11.9 Å². The van der Waals surface area contributed by atoms with Crippen molar-refractivity contribution < 1.29 is 28.4 Å². The number of fused-ring (bicyclic) bond motifs is 1. The molecule has 1 aromatic heterocycles. The topological polar surface area (TPSA) is 134 Å². The number of benzene rings is 2. The lowest BCUT2D eigenvalue weighted by molar-refractivity contribution is -0.153. The second kappa shape index (κ2) is 10.1. The van der Waals surface area contributed by atoms with Crippen molar-refractivity contribution in [2.45, 2.75) is 24.1 Å². The van der Waals surface area contributed by atoms with Gasteiger partial charge in [-0.1, -0.05) is 60.7 Å². The number of esters is 2. The summed E-state index contributed by atoms with van der Waals surface area (Å²) < 4.78 is 16.9. The number of hydrogen-bond acceptors (Lipinski definition) is 9. The molecule has 190 valence electrons. The van der Waals surface area contributed by atoms with E-state index in [1.807, 2.05) is 60.7 Å². The van der Waals surface area contributed by atoms with Crippen molar-refractivity contribution in [1.29, 1.82) is 0 Å². The van der Waals surface area contributed by atoms with Gasteiger partial charge in [-0.05, 0) is 16.7 Å². The van der Waals surface area contributed by atoms with Crippen LogP contribution >= 0.6 is 11.8 Å². The Kier molecular flexibility index (Phi) is 6.72. The van der Waals surface area contributed by atoms with Gasteiger partial charge in [-0.25, -0.2) is 9.59 Å². The third kappa shape index (κ3) is 4.58. The molecule has 1 saturated heterocycles. The van der Waals surface area contributed by atoms with Crippen LogP contribution in [0.3, 0.4) is 0 Å². The number of β-lactam (4-membered cyclic amide) rings is 1. The number of ether oxygens (including phenoxy) is 2. The summed E-state index contributed by atoms with van der Waals surface area (Å²) in [5.74, 6) is -1.92. The van der Waals surface area contributed by atoms with Gasteiger partial charge in [-0.15, -0.1) is 11.8 Å². The fraction of sp³-hybridized carbons (Fsp3) is 0.231. The van der Waals surface area contributed by atoms with E-state index >= 15 is 0 Å². The molecular weight excluding hydrogens is 498 g/mol. The van der Waals surface area contributed by atoms with Crippen molar-refractivity contribution in [3.63, 3.8) is 0 Å². The second-order valence-corrected chi connectivity index (χ2v) is 9.57. The van der Waals surface area contributed by atoms with E-state index in [4.69, 9.17) is 15.0 Å². The van der Waals surface area contributed by atoms with Gasteiger partial charge in [0.1, 0.15) is 17.1 Å². The summed E-state index contributed by atoms with van der Waals surface area (Å²) in [4.78, 5) is 52.0. The molecule has 1 unspecified atom stereocenters. The highest BCUT2D eigenvalue weighted by atomic mass is 32.2. The molecule has 0 aliphatic carbocycles. The van der Waals surface area contributed by atoms with Crippen LogP contribution in [-0.2, 0) is 25.6 Å². The average molecular weight is 522 g/mol. The van der Waals surface area contributed by atoms with Gasteiger partial charge in [-0.2, -0.15) is 4.74 Å². The summed E-state index contributed by atoms with van der Waals surface area (Å²) in [6.07, 6.45) is -0.737. The second-order valence-electron chi connectivity index (χ2n) is 8.46. The maximum absolute atomic E-state index is 13.7. The van der Waals surface area contributed by atoms with Crippen LogP contribution in [0.5, 0.6) is 0 Å². The minimum atomic E-state index is -0.806. The number of amides is 1. The van der Waals surface area contributed by atoms with Crippen molar-refractivity contribution in [2.24, 2.45) is 5.73 Å². The highest BCUT2D eigenvalue weighted by molar-refractivity contribution is 8.00. The average Bonchev–Trinajstić information content (AvgIpc) is 3.31. The maximum atomic E-state index is 13.7. The number of nitrogens with two attached hydrogens (primary N) is 1. The van der Waals surface area contributed by atoms with Crippen LogP contribution in [0.1, 0.15) is 27.8 Å². The Balaban J connectivity index is 1.52. The van der Waals surface area contributed by atoms with E-state index < -0.39 is 40.9 Å². The molecule has 10 nitrogen and oxygen atoms in total. The monoisotopic (exact) mass is 521 g/mol. The van der Waals surface area contributed by atoms with Crippen LogP contribution in [0.4, 0.5) is 0 Å². The van der Waals surface area contributed by atoms with Crippen LogP contribution < -0.4 is 11.3 Å². The first kappa shape index (κ1) is 24.6. The van der Waals surface area contributed by atoms with Crippen LogP contribution in [-0.4, -0.2) is 51.8 Å². The van der Waals surface area contributed by atoms with E-state index in [9.17, 15) is 19.2 Å². The number of nitrogens with zero attached hydrogens (tertiary/aromatic N) is 2. The Bertz CT molecular complexity index is 1390. The van der Waals surface area contributed by atoms with Crippen molar-refractivity contribution in [3.8, 4) is 0 Å². The highest BCUT2D eigenvalue weighted by Gasteiger charge is 2.52. The van der Waals surface area contributed by atoms with E-state index in [1.54, 1.807) is 0 Å². The summed E-state index contributed by atoms with van der Waals surface area (Å²) in [5, 5.41) is -0.426. The molecule has 0 bridgehead atoms. The summed E-state index contributed by atoms with van der Waals surface area (Å²) in [5.41, 5.74) is 7.35. The molecule has 2 aliphatic heterocycles. The summed E-state index contributed by atoms with van der Waals surface area (Å²) in [7, 11) is 1.17. The molecule has 37 heavy (non-hydrogen) atoms. The molecule has 0 saturated carbocycles. The smallest absolute Gasteiger partial charge is 0.376 e. The quantitative estimate of drug-likeness (QED) is 0.366. The molecule has 1 fully saturated rings. The highest BCUT2D eigenvalue weighted by Crippen LogP contribution is 2.41. The Morgan fingerprint density at radius 1 is 1.05 bits per heavy atom. The van der Waals surface area contributed by atoms with Gasteiger partial charge in [0.25, 0.3) is 5.56 Å². The van der Waals surface area contributed by atoms with Gasteiger partial charge < -0.3 is 19.7 Å². The molecule has 0 spiro atoms. The number of rotatable bonds is 7. The number of thioether (sulfide) groups is 1. The predicted molar refractivity (Wildman–Crippen MR) is 133 cm³/mol. The number of methoxy groups -OCH3 is 1. The van der Waals surface area contributed by atoms with Crippen molar-refractivity contribution in [1.82, 2.24) is 9.64 Å². The molecule has 3 heterocycles. The number of carbonyl (C=O) groups is 3. The van der Waals surface area contributed by atoms with E-state index in [0.717, 1.165) is 21.9 Å². The normalized spacial score (nSPS) is 18.9. The molecule has 5 rings (SSSR count). The largest absolute Gasteiger partial charge is 0.463 e. The van der Waals surface area contributed by atoms with Crippen molar-refractivity contribution in [3.05, 3.63) is 105 Å². The molecule has 0 radical (unpaired) electrons. The van der Waals surface area contributed by atoms with Crippen LogP contribution in [0, 0.1) is 0 Å². The minimum absolute atomic E-state index is 0.0234. The van der Waals surface area contributed by atoms with Gasteiger partial charge in [0.15, 0.2) is 6.10 Å². The van der Waals surface area contributed by atoms with Gasteiger partial charge in [0, 0.05) is 5.75 Å². The van der Waals surface area contributed by atoms with Crippen LogP contribution in [0.15, 0.2) is 87.3 Å². The summed E-state index contributed by atoms with van der Waals surface area (Å²) >= 11 is 1.37. The third-order valence-corrected chi connectivity index (χ3v) is 7.50. The van der Waals surface area contributed by atoms with Gasteiger partial charge in [0.2, 0.25) is 11.7 Å². The Morgan fingerprint density at radius 2 is 1.68 bits per heavy atom. The fourth-order valence-electron chi connectivity index (χ4n) is 4.29. The molecular formula is C26H23N3O7S. The van der Waals surface area contributed by atoms with Crippen LogP contribution in [0.2, 0.25) is 0 Å².